The van der Waals surface area contributed by atoms with Gasteiger partial charge in [0, 0.05) is 17.5 Å². The Morgan fingerprint density at radius 1 is 1.24 bits per heavy atom. The first kappa shape index (κ1) is 14.8. The highest BCUT2D eigenvalue weighted by Gasteiger charge is 2.23. The third-order valence-corrected chi connectivity index (χ3v) is 3.26. The molecule has 21 heavy (non-hydrogen) atoms. The molecule has 5 nitrogen and oxygen atoms in total. The molecule has 0 spiro atoms. The van der Waals surface area contributed by atoms with Crippen molar-refractivity contribution >= 4 is 23.2 Å². The number of hydrogen-bond acceptors (Lipinski definition) is 3. The Kier molecular flexibility index (Phi) is 4.72. The summed E-state index contributed by atoms with van der Waals surface area (Å²) in [6.45, 7) is 1.98. The fourth-order valence-corrected chi connectivity index (χ4v) is 1.96. The van der Waals surface area contributed by atoms with Crippen LogP contribution in [-0.2, 0) is 9.59 Å². The third kappa shape index (κ3) is 4.77. The molecular weight excluding hydrogens is 266 g/mol. The number of carbonyl (C=O) groups is 2. The highest BCUT2D eigenvalue weighted by atomic mass is 16.2. The molecule has 0 unspecified atom stereocenters. The summed E-state index contributed by atoms with van der Waals surface area (Å²) in [4.78, 5) is 23.1. The van der Waals surface area contributed by atoms with E-state index in [1.54, 1.807) is 36.4 Å². The van der Waals surface area contributed by atoms with E-state index in [0.29, 0.717) is 17.3 Å². The molecule has 0 saturated heterocycles. The van der Waals surface area contributed by atoms with E-state index in [1.165, 1.54) is 12.8 Å². The lowest BCUT2D eigenvalue weighted by Gasteiger charge is -2.06. The summed E-state index contributed by atoms with van der Waals surface area (Å²) in [6, 6.07) is 8.56. The topological polar surface area (TPSA) is 82.0 Å². The van der Waals surface area contributed by atoms with Crippen molar-refractivity contribution in [1.82, 2.24) is 0 Å². The van der Waals surface area contributed by atoms with Crippen LogP contribution in [0.4, 0.5) is 11.4 Å². The Hall–Kier alpha value is -2.61. The zero-order chi connectivity index (χ0) is 15.2. The highest BCUT2D eigenvalue weighted by molar-refractivity contribution is 6.00. The van der Waals surface area contributed by atoms with E-state index in [2.05, 4.69) is 10.6 Å². The zero-order valence-electron chi connectivity index (χ0n) is 11.8. The largest absolute Gasteiger partial charge is 0.325 e. The fraction of sp³-hybridized carbons (Fsp3) is 0.312. The van der Waals surface area contributed by atoms with Crippen LogP contribution < -0.4 is 10.6 Å². The number of rotatable bonds is 5. The predicted molar refractivity (Wildman–Crippen MR) is 80.4 cm³/mol. The minimum atomic E-state index is -0.350. The lowest BCUT2D eigenvalue weighted by molar-refractivity contribution is -0.115. The SMILES string of the molecule is C/C(=C\C(=O)Nc1ccc(NC(=O)CC#N)cc1)C1CC1. The average molecular weight is 283 g/mol. The zero-order valence-corrected chi connectivity index (χ0v) is 11.8. The van der Waals surface area contributed by atoms with E-state index in [4.69, 9.17) is 5.26 Å². The number of nitrogens with zero attached hydrogens (tertiary/aromatic N) is 1. The van der Waals surface area contributed by atoms with Gasteiger partial charge in [-0.2, -0.15) is 5.26 Å². The molecule has 1 fully saturated rings. The molecule has 1 aromatic carbocycles. The van der Waals surface area contributed by atoms with E-state index < -0.39 is 0 Å². The number of anilines is 2. The molecule has 1 saturated carbocycles. The van der Waals surface area contributed by atoms with E-state index in [-0.39, 0.29) is 18.2 Å². The first-order chi connectivity index (χ1) is 10.1. The molecule has 0 aliphatic heterocycles. The maximum Gasteiger partial charge on any atom is 0.248 e. The van der Waals surface area contributed by atoms with Gasteiger partial charge in [-0.25, -0.2) is 0 Å². The lowest BCUT2D eigenvalue weighted by Crippen LogP contribution is -2.11. The van der Waals surface area contributed by atoms with Gasteiger partial charge in [-0.1, -0.05) is 5.57 Å². The van der Waals surface area contributed by atoms with Crippen molar-refractivity contribution in [3.8, 4) is 6.07 Å². The van der Waals surface area contributed by atoms with Crippen LogP contribution in [0.5, 0.6) is 0 Å². The van der Waals surface area contributed by atoms with Gasteiger partial charge in [0.25, 0.3) is 0 Å². The first-order valence-electron chi connectivity index (χ1n) is 6.84. The second-order valence-electron chi connectivity index (χ2n) is 5.11. The van der Waals surface area contributed by atoms with E-state index >= 15 is 0 Å². The maximum absolute atomic E-state index is 11.8. The predicted octanol–water partition coefficient (Wildman–Crippen LogP) is 2.83. The molecule has 0 aromatic heterocycles. The van der Waals surface area contributed by atoms with Crippen molar-refractivity contribution in [1.29, 1.82) is 5.26 Å². The fourth-order valence-electron chi connectivity index (χ4n) is 1.96. The van der Waals surface area contributed by atoms with Crippen LogP contribution in [0.15, 0.2) is 35.9 Å². The van der Waals surface area contributed by atoms with Crippen LogP contribution in [0, 0.1) is 17.2 Å². The van der Waals surface area contributed by atoms with Gasteiger partial charge in [0.05, 0.1) is 6.07 Å². The molecule has 2 N–H and O–H groups in total. The molecule has 0 bridgehead atoms. The van der Waals surface area contributed by atoms with Gasteiger partial charge >= 0.3 is 0 Å². The summed E-state index contributed by atoms with van der Waals surface area (Å²) in [5.74, 6) is 0.0893. The summed E-state index contributed by atoms with van der Waals surface area (Å²) in [7, 11) is 0. The second kappa shape index (κ2) is 6.71. The molecule has 1 aliphatic carbocycles. The summed E-state index contributed by atoms with van der Waals surface area (Å²) in [5, 5.41) is 13.8. The Morgan fingerprint density at radius 2 is 1.81 bits per heavy atom. The van der Waals surface area contributed by atoms with Crippen LogP contribution >= 0.6 is 0 Å². The van der Waals surface area contributed by atoms with Gasteiger partial charge < -0.3 is 10.6 Å². The van der Waals surface area contributed by atoms with Crippen LogP contribution in [0.3, 0.4) is 0 Å². The van der Waals surface area contributed by atoms with E-state index in [0.717, 1.165) is 5.57 Å². The molecule has 5 heteroatoms. The lowest BCUT2D eigenvalue weighted by atomic mass is 10.2. The monoisotopic (exact) mass is 283 g/mol. The Bertz CT molecular complexity index is 607. The highest BCUT2D eigenvalue weighted by Crippen LogP contribution is 2.35. The van der Waals surface area contributed by atoms with Gasteiger partial charge in [-0.05, 0) is 49.9 Å². The second-order valence-corrected chi connectivity index (χ2v) is 5.11. The van der Waals surface area contributed by atoms with Gasteiger partial charge in [0.2, 0.25) is 11.8 Å². The van der Waals surface area contributed by atoms with Gasteiger partial charge in [-0.3, -0.25) is 9.59 Å². The smallest absolute Gasteiger partial charge is 0.248 e. The van der Waals surface area contributed by atoms with Crippen LogP contribution in [0.1, 0.15) is 26.2 Å². The standard InChI is InChI=1S/C16H17N3O2/c1-11(12-2-3-12)10-16(21)19-14-6-4-13(5-7-14)18-15(20)8-9-17/h4-7,10,12H,2-3,8H2,1H3,(H,18,20)(H,19,21)/b11-10+. The normalized spacial score (nSPS) is 14.2. The molecule has 0 heterocycles. The molecule has 2 rings (SSSR count). The molecule has 1 aliphatic rings. The summed E-state index contributed by atoms with van der Waals surface area (Å²) < 4.78 is 0. The van der Waals surface area contributed by atoms with Crippen LogP contribution in [0.25, 0.3) is 0 Å². The molecule has 0 atom stereocenters. The molecule has 0 radical (unpaired) electrons. The number of hydrogen-bond donors (Lipinski definition) is 2. The Balaban J connectivity index is 1.90. The van der Waals surface area contributed by atoms with E-state index in [9.17, 15) is 9.59 Å². The summed E-state index contributed by atoms with van der Waals surface area (Å²) in [5.41, 5.74) is 2.38. The summed E-state index contributed by atoms with van der Waals surface area (Å²) in [6.07, 6.45) is 3.81. The number of amides is 2. The first-order valence-corrected chi connectivity index (χ1v) is 6.84. The third-order valence-electron chi connectivity index (χ3n) is 3.26. The number of carbonyl (C=O) groups excluding carboxylic acids is 2. The van der Waals surface area contributed by atoms with Crippen molar-refractivity contribution in [2.45, 2.75) is 26.2 Å². The van der Waals surface area contributed by atoms with Gasteiger partial charge in [0.1, 0.15) is 6.42 Å². The minimum Gasteiger partial charge on any atom is -0.325 e. The maximum atomic E-state index is 11.8. The van der Waals surface area contributed by atoms with E-state index in [1.807, 2.05) is 6.92 Å². The van der Waals surface area contributed by atoms with Crippen molar-refractivity contribution in [3.63, 3.8) is 0 Å². The van der Waals surface area contributed by atoms with Crippen molar-refractivity contribution in [2.75, 3.05) is 10.6 Å². The molecular formula is C16H17N3O2. The van der Waals surface area contributed by atoms with Crippen molar-refractivity contribution < 1.29 is 9.59 Å². The number of nitrogens with one attached hydrogen (secondary N) is 2. The van der Waals surface area contributed by atoms with Crippen molar-refractivity contribution in [3.05, 3.63) is 35.9 Å². The molecule has 2 amide bonds. The number of allylic oxidation sites excluding steroid dienone is 1. The molecule has 108 valence electrons. The van der Waals surface area contributed by atoms with Crippen molar-refractivity contribution in [2.24, 2.45) is 5.92 Å². The minimum absolute atomic E-state index is 0.138. The van der Waals surface area contributed by atoms with Crippen LogP contribution in [0.2, 0.25) is 0 Å². The van der Waals surface area contributed by atoms with Crippen LogP contribution in [-0.4, -0.2) is 11.8 Å². The van der Waals surface area contributed by atoms with Gasteiger partial charge in [0.15, 0.2) is 0 Å². The summed E-state index contributed by atoms with van der Waals surface area (Å²) >= 11 is 0. The number of nitriles is 1. The Morgan fingerprint density at radius 3 is 2.33 bits per heavy atom. The Labute approximate surface area is 123 Å². The average Bonchev–Trinajstić information content (AvgIpc) is 3.25. The molecule has 1 aromatic rings. The number of benzene rings is 1. The van der Waals surface area contributed by atoms with Gasteiger partial charge in [-0.15, -0.1) is 0 Å². The quantitative estimate of drug-likeness (QED) is 0.815.